The molecule has 0 aliphatic heterocycles. The van der Waals surface area contributed by atoms with E-state index in [2.05, 4.69) is 27.7 Å². The summed E-state index contributed by atoms with van der Waals surface area (Å²) >= 11 is 0. The van der Waals surface area contributed by atoms with Crippen LogP contribution in [0.25, 0.3) is 0 Å². The Balaban J connectivity index is 4.25. The van der Waals surface area contributed by atoms with Crippen LogP contribution in [0.1, 0.15) is 265 Å². The lowest BCUT2D eigenvalue weighted by atomic mass is 9.99. The van der Waals surface area contributed by atoms with E-state index in [-0.39, 0.29) is 31.1 Å². The highest BCUT2D eigenvalue weighted by Crippen LogP contribution is 2.17. The second-order valence-corrected chi connectivity index (χ2v) is 16.6. The van der Waals surface area contributed by atoms with Gasteiger partial charge in [-0.1, -0.05) is 227 Å². The number of rotatable bonds is 43. The van der Waals surface area contributed by atoms with Gasteiger partial charge in [-0.25, -0.2) is 0 Å². The van der Waals surface area contributed by atoms with E-state index in [9.17, 15) is 14.4 Å². The first-order valence-electron chi connectivity index (χ1n) is 23.9. The highest BCUT2D eigenvalue weighted by Gasteiger charge is 2.19. The van der Waals surface area contributed by atoms with Crippen LogP contribution < -0.4 is 0 Å². The monoisotopic (exact) mass is 765 g/mol. The maximum absolute atomic E-state index is 12.7. The molecule has 0 aliphatic rings. The Kier molecular flexibility index (Phi) is 41.3. The van der Waals surface area contributed by atoms with E-state index < -0.39 is 6.10 Å². The predicted molar refractivity (Wildman–Crippen MR) is 229 cm³/mol. The van der Waals surface area contributed by atoms with Crippen molar-refractivity contribution in [2.24, 2.45) is 5.92 Å². The molecule has 6 heteroatoms. The first-order chi connectivity index (χ1) is 26.4. The summed E-state index contributed by atoms with van der Waals surface area (Å²) in [6, 6.07) is 0. The zero-order valence-corrected chi connectivity index (χ0v) is 36.7. The highest BCUT2D eigenvalue weighted by molar-refractivity contribution is 5.71. The number of unbranched alkanes of at least 4 members (excludes halogenated alkanes) is 29. The summed E-state index contributed by atoms with van der Waals surface area (Å²) in [5.74, 6) is 0.0129. The van der Waals surface area contributed by atoms with Gasteiger partial charge >= 0.3 is 17.9 Å². The summed E-state index contributed by atoms with van der Waals surface area (Å²) < 4.78 is 16.7. The maximum atomic E-state index is 12.7. The van der Waals surface area contributed by atoms with Crippen LogP contribution >= 0.6 is 0 Å². The summed E-state index contributed by atoms with van der Waals surface area (Å²) in [7, 11) is 0. The minimum absolute atomic E-state index is 0.0640. The first kappa shape index (κ1) is 52.4. The molecule has 1 unspecified atom stereocenters. The summed E-state index contributed by atoms with van der Waals surface area (Å²) in [4.78, 5) is 37.7. The highest BCUT2D eigenvalue weighted by atomic mass is 16.6. The molecule has 2 atom stereocenters. The molecular formula is C48H92O6. The Bertz CT molecular complexity index is 813. The lowest BCUT2D eigenvalue weighted by Gasteiger charge is -2.18. The predicted octanol–water partition coefficient (Wildman–Crippen LogP) is 15.1. The number of hydrogen-bond donors (Lipinski definition) is 0. The molecule has 320 valence electrons. The van der Waals surface area contributed by atoms with Crippen LogP contribution in [0.5, 0.6) is 0 Å². The van der Waals surface area contributed by atoms with Gasteiger partial charge in [0.2, 0.25) is 0 Å². The van der Waals surface area contributed by atoms with Crippen molar-refractivity contribution in [2.75, 3.05) is 13.2 Å². The van der Waals surface area contributed by atoms with E-state index in [1.807, 2.05) is 0 Å². The Morgan fingerprint density at radius 1 is 0.370 bits per heavy atom. The zero-order valence-electron chi connectivity index (χ0n) is 36.7. The van der Waals surface area contributed by atoms with Crippen molar-refractivity contribution in [2.45, 2.75) is 271 Å². The third kappa shape index (κ3) is 40.1. The SMILES string of the molecule is CCCCCCCCCCCCCCCCCC(=O)O[C@H](COC(=O)CCCCCCCCC)COC(=O)CCCCCCCCCCCCC(C)CC. The minimum Gasteiger partial charge on any atom is -0.462 e. The van der Waals surface area contributed by atoms with Crippen LogP contribution in [0.3, 0.4) is 0 Å². The standard InChI is InChI=1S/C48H92O6/c1-5-8-10-12-14-15-16-17-18-19-20-25-29-33-37-41-48(51)54-45(42-52-46(49)39-35-31-26-13-11-9-6-2)43-53-47(50)40-36-32-28-24-22-21-23-27-30-34-38-44(4)7-3/h44-45H,5-43H2,1-4H3/t44?,45-/m1/s1. The molecule has 0 N–H and O–H groups in total. The zero-order chi connectivity index (χ0) is 39.6. The van der Waals surface area contributed by atoms with Gasteiger partial charge in [-0.05, 0) is 25.2 Å². The van der Waals surface area contributed by atoms with Gasteiger partial charge < -0.3 is 14.2 Å². The van der Waals surface area contributed by atoms with Crippen molar-refractivity contribution in [3.05, 3.63) is 0 Å². The fourth-order valence-electron chi connectivity index (χ4n) is 7.12. The molecule has 0 aromatic heterocycles. The number of ether oxygens (including phenoxy) is 3. The van der Waals surface area contributed by atoms with E-state index in [4.69, 9.17) is 14.2 Å². The van der Waals surface area contributed by atoms with Crippen LogP contribution in [0.4, 0.5) is 0 Å². The van der Waals surface area contributed by atoms with E-state index in [1.54, 1.807) is 0 Å². The van der Waals surface area contributed by atoms with Gasteiger partial charge in [0, 0.05) is 19.3 Å². The topological polar surface area (TPSA) is 78.9 Å². The van der Waals surface area contributed by atoms with Crippen molar-refractivity contribution < 1.29 is 28.6 Å². The molecule has 0 heterocycles. The summed E-state index contributed by atoms with van der Waals surface area (Å²) in [5, 5.41) is 0. The number of hydrogen-bond acceptors (Lipinski definition) is 6. The smallest absolute Gasteiger partial charge is 0.306 e. The molecule has 0 amide bonds. The van der Waals surface area contributed by atoms with E-state index in [0.717, 1.165) is 63.7 Å². The van der Waals surface area contributed by atoms with Crippen molar-refractivity contribution in [1.82, 2.24) is 0 Å². The van der Waals surface area contributed by atoms with Crippen LogP contribution in [0.15, 0.2) is 0 Å². The molecule has 0 aliphatic carbocycles. The van der Waals surface area contributed by atoms with Crippen LogP contribution in [-0.4, -0.2) is 37.2 Å². The first-order valence-corrected chi connectivity index (χ1v) is 23.9. The Morgan fingerprint density at radius 2 is 0.648 bits per heavy atom. The fraction of sp³-hybridized carbons (Fsp3) is 0.938. The van der Waals surface area contributed by atoms with Gasteiger partial charge in [0.05, 0.1) is 0 Å². The molecule has 0 radical (unpaired) electrons. The molecule has 0 aromatic carbocycles. The fourth-order valence-corrected chi connectivity index (χ4v) is 7.12. The summed E-state index contributed by atoms with van der Waals surface area (Å²) in [5.41, 5.74) is 0. The molecular weight excluding hydrogens is 673 g/mol. The molecule has 0 saturated heterocycles. The van der Waals surface area contributed by atoms with Gasteiger partial charge in [-0.15, -0.1) is 0 Å². The summed E-state index contributed by atoms with van der Waals surface area (Å²) in [6.07, 6.45) is 42.3. The molecule has 6 nitrogen and oxygen atoms in total. The van der Waals surface area contributed by atoms with E-state index in [0.29, 0.717) is 19.3 Å². The van der Waals surface area contributed by atoms with E-state index >= 15 is 0 Å². The lowest BCUT2D eigenvalue weighted by molar-refractivity contribution is -0.167. The van der Waals surface area contributed by atoms with Crippen molar-refractivity contribution in [3.63, 3.8) is 0 Å². The second kappa shape index (κ2) is 42.6. The molecule has 0 aromatic rings. The van der Waals surface area contributed by atoms with Gasteiger partial charge in [-0.2, -0.15) is 0 Å². The van der Waals surface area contributed by atoms with Crippen molar-refractivity contribution in [3.8, 4) is 0 Å². The second-order valence-electron chi connectivity index (χ2n) is 16.6. The minimum atomic E-state index is -0.758. The average molecular weight is 765 g/mol. The number of carbonyl (C=O) groups excluding carboxylic acids is 3. The quantitative estimate of drug-likeness (QED) is 0.0349. The van der Waals surface area contributed by atoms with Gasteiger partial charge in [0.15, 0.2) is 6.10 Å². The average Bonchev–Trinajstić information content (AvgIpc) is 3.17. The Hall–Kier alpha value is -1.59. The number of esters is 3. The molecule has 0 spiro atoms. The number of carbonyl (C=O) groups is 3. The van der Waals surface area contributed by atoms with Crippen LogP contribution in [-0.2, 0) is 28.6 Å². The van der Waals surface area contributed by atoms with Gasteiger partial charge in [-0.3, -0.25) is 14.4 Å². The van der Waals surface area contributed by atoms with Crippen LogP contribution in [0, 0.1) is 5.92 Å². The Labute approximate surface area is 336 Å². The Morgan fingerprint density at radius 3 is 0.963 bits per heavy atom. The van der Waals surface area contributed by atoms with Gasteiger partial charge in [0.25, 0.3) is 0 Å². The van der Waals surface area contributed by atoms with Crippen molar-refractivity contribution >= 4 is 17.9 Å². The molecule has 0 fully saturated rings. The van der Waals surface area contributed by atoms with E-state index in [1.165, 1.54) is 161 Å². The summed E-state index contributed by atoms with van der Waals surface area (Å²) in [6.45, 7) is 8.99. The largest absolute Gasteiger partial charge is 0.462 e. The third-order valence-electron chi connectivity index (χ3n) is 11.2. The normalized spacial score (nSPS) is 12.4. The molecule has 54 heavy (non-hydrogen) atoms. The lowest BCUT2D eigenvalue weighted by Crippen LogP contribution is -2.30. The third-order valence-corrected chi connectivity index (χ3v) is 11.2. The molecule has 0 bridgehead atoms. The maximum Gasteiger partial charge on any atom is 0.306 e. The van der Waals surface area contributed by atoms with Gasteiger partial charge in [0.1, 0.15) is 13.2 Å². The van der Waals surface area contributed by atoms with Crippen molar-refractivity contribution in [1.29, 1.82) is 0 Å². The van der Waals surface area contributed by atoms with Crippen LogP contribution in [0.2, 0.25) is 0 Å². The molecule has 0 rings (SSSR count). The molecule has 0 saturated carbocycles.